The van der Waals surface area contributed by atoms with Crippen molar-refractivity contribution in [2.75, 3.05) is 41.3 Å². The van der Waals surface area contributed by atoms with E-state index in [4.69, 9.17) is 56.4 Å². The zero-order valence-corrected chi connectivity index (χ0v) is 24.2. The molecule has 3 aromatic carbocycles. The lowest BCUT2D eigenvalue weighted by Crippen LogP contribution is -2.36. The monoisotopic (exact) mass is 598 g/mol. The van der Waals surface area contributed by atoms with Crippen LogP contribution in [-0.2, 0) is 14.3 Å². The number of hydrogen-bond donors (Lipinski definition) is 0. The van der Waals surface area contributed by atoms with Gasteiger partial charge in [-0.2, -0.15) is 0 Å². The van der Waals surface area contributed by atoms with Crippen LogP contribution in [0.2, 0.25) is 10.0 Å². The van der Waals surface area contributed by atoms with E-state index in [9.17, 15) is 4.79 Å². The Bertz CT molecular complexity index is 1510. The van der Waals surface area contributed by atoms with Crippen LogP contribution in [0, 0.1) is 11.8 Å². The van der Waals surface area contributed by atoms with Crippen LogP contribution in [0.1, 0.15) is 34.3 Å². The highest BCUT2D eigenvalue weighted by Crippen LogP contribution is 2.56. The summed E-state index contributed by atoms with van der Waals surface area (Å²) in [6.07, 6.45) is -0.489. The number of cyclic esters (lactones) is 1. The van der Waals surface area contributed by atoms with Crippen LogP contribution in [0.25, 0.3) is 5.57 Å². The highest BCUT2D eigenvalue weighted by molar-refractivity contribution is 6.35. The highest BCUT2D eigenvalue weighted by atomic mass is 35.5. The maximum absolute atomic E-state index is 13.4. The Kier molecular flexibility index (Phi) is 7.40. The molecule has 6 rings (SSSR count). The van der Waals surface area contributed by atoms with Crippen molar-refractivity contribution in [1.29, 1.82) is 0 Å². The van der Waals surface area contributed by atoms with Crippen LogP contribution in [-0.4, -0.2) is 47.3 Å². The molecule has 1 saturated heterocycles. The van der Waals surface area contributed by atoms with Crippen molar-refractivity contribution >= 4 is 34.7 Å². The molecule has 0 N–H and O–H groups in total. The van der Waals surface area contributed by atoms with Crippen molar-refractivity contribution in [3.8, 4) is 28.7 Å². The average molecular weight is 599 g/mol. The third kappa shape index (κ3) is 4.74. The number of methoxy groups -OCH3 is 3. The van der Waals surface area contributed by atoms with Gasteiger partial charge in [0.2, 0.25) is 12.5 Å². The lowest BCUT2D eigenvalue weighted by molar-refractivity contribution is -0.141. The Morgan fingerprint density at radius 1 is 0.927 bits per heavy atom. The number of ether oxygens (including phenoxy) is 7. The van der Waals surface area contributed by atoms with E-state index in [-0.39, 0.29) is 31.9 Å². The Balaban J connectivity index is 1.45. The maximum Gasteiger partial charge on any atom is 0.310 e. The summed E-state index contributed by atoms with van der Waals surface area (Å²) in [5.41, 5.74) is 3.97. The van der Waals surface area contributed by atoms with E-state index in [0.29, 0.717) is 44.4 Å². The van der Waals surface area contributed by atoms with Crippen molar-refractivity contribution in [1.82, 2.24) is 0 Å². The molecule has 3 aliphatic rings. The van der Waals surface area contributed by atoms with Gasteiger partial charge in [-0.1, -0.05) is 35.8 Å². The molecule has 41 heavy (non-hydrogen) atoms. The lowest BCUT2D eigenvalue weighted by Gasteiger charge is -2.39. The van der Waals surface area contributed by atoms with Gasteiger partial charge in [0.15, 0.2) is 23.0 Å². The second-order valence-electron chi connectivity index (χ2n) is 10.0. The standard InChI is InChI=1S/C31H28Cl2O8/c1-15(18-6-5-17(32)9-22(18)33)12-38-29-20-11-24-23(40-14-41-24)10-19(20)27(28-21(29)13-39-31(28)34)16-7-25(35-2)30(37-4)26(8-16)36-3/h5-11,21,27-29H,1,12-14H2,2-4H3/t21-,27+,28-,29?/m0/s1. The van der Waals surface area contributed by atoms with Crippen molar-refractivity contribution < 1.29 is 38.0 Å². The average Bonchev–Trinajstić information content (AvgIpc) is 3.59. The first-order valence-electron chi connectivity index (χ1n) is 13.0. The smallest absolute Gasteiger partial charge is 0.310 e. The topological polar surface area (TPSA) is 81.7 Å². The van der Waals surface area contributed by atoms with E-state index in [1.54, 1.807) is 33.5 Å². The summed E-state index contributed by atoms with van der Waals surface area (Å²) in [5.74, 6) is 1.13. The minimum absolute atomic E-state index is 0.110. The largest absolute Gasteiger partial charge is 0.493 e. The Hall–Kier alpha value is -3.59. The molecule has 0 bridgehead atoms. The number of fused-ring (bicyclic) bond motifs is 3. The van der Waals surface area contributed by atoms with Gasteiger partial charge in [0.05, 0.1) is 46.6 Å². The van der Waals surface area contributed by atoms with E-state index < -0.39 is 17.9 Å². The van der Waals surface area contributed by atoms with Crippen LogP contribution in [0.3, 0.4) is 0 Å². The molecule has 2 heterocycles. The molecule has 1 fully saturated rings. The Labute approximate surface area is 247 Å². The van der Waals surface area contributed by atoms with Gasteiger partial charge in [-0.05, 0) is 64.2 Å². The molecule has 214 valence electrons. The minimum atomic E-state index is -0.539. The third-order valence-electron chi connectivity index (χ3n) is 7.91. The van der Waals surface area contributed by atoms with Crippen molar-refractivity contribution in [2.24, 2.45) is 11.8 Å². The predicted molar refractivity (Wildman–Crippen MR) is 153 cm³/mol. The number of carbonyl (C=O) groups is 1. The fourth-order valence-electron chi connectivity index (χ4n) is 6.05. The molecule has 0 radical (unpaired) electrons. The SMILES string of the molecule is C=C(COC1c2cc3c(cc2[C@@H](c2cc(OC)c(OC)c(OC)c2)[C@H]2C(=O)OC[C@H]12)OCO3)c1ccc(Cl)cc1Cl. The van der Waals surface area contributed by atoms with E-state index in [1.165, 1.54) is 0 Å². The van der Waals surface area contributed by atoms with Crippen molar-refractivity contribution in [3.05, 3.63) is 81.3 Å². The number of benzene rings is 3. The quantitative estimate of drug-likeness (QED) is 0.273. The van der Waals surface area contributed by atoms with Crippen molar-refractivity contribution in [3.63, 3.8) is 0 Å². The summed E-state index contributed by atoms with van der Waals surface area (Å²) in [4.78, 5) is 13.4. The van der Waals surface area contributed by atoms with Gasteiger partial charge in [-0.3, -0.25) is 4.79 Å². The zero-order chi connectivity index (χ0) is 28.8. The van der Waals surface area contributed by atoms with Gasteiger partial charge < -0.3 is 33.2 Å². The molecule has 1 unspecified atom stereocenters. The normalized spacial score (nSPS) is 22.0. The second kappa shape index (κ2) is 11.0. The Morgan fingerprint density at radius 3 is 2.24 bits per heavy atom. The first kappa shape index (κ1) is 27.6. The van der Waals surface area contributed by atoms with E-state index in [1.807, 2.05) is 30.3 Å². The molecule has 1 aliphatic carbocycles. The van der Waals surface area contributed by atoms with E-state index in [0.717, 1.165) is 22.3 Å². The molecular formula is C31H28Cl2O8. The summed E-state index contributed by atoms with van der Waals surface area (Å²) >= 11 is 12.5. The summed E-state index contributed by atoms with van der Waals surface area (Å²) in [6, 6.07) is 12.8. The van der Waals surface area contributed by atoms with Gasteiger partial charge in [0, 0.05) is 21.9 Å². The summed E-state index contributed by atoms with van der Waals surface area (Å²) < 4.78 is 40.5. The van der Waals surface area contributed by atoms with Crippen LogP contribution in [0.15, 0.2) is 49.0 Å². The molecule has 0 amide bonds. The van der Waals surface area contributed by atoms with Gasteiger partial charge in [0.25, 0.3) is 0 Å². The highest BCUT2D eigenvalue weighted by Gasteiger charge is 2.53. The molecule has 4 atom stereocenters. The third-order valence-corrected chi connectivity index (χ3v) is 8.46. The van der Waals surface area contributed by atoms with E-state index in [2.05, 4.69) is 6.58 Å². The first-order chi connectivity index (χ1) is 19.8. The van der Waals surface area contributed by atoms with Crippen LogP contribution in [0.4, 0.5) is 0 Å². The number of esters is 1. The van der Waals surface area contributed by atoms with Crippen molar-refractivity contribution in [2.45, 2.75) is 12.0 Å². The van der Waals surface area contributed by atoms with Crippen LogP contribution < -0.4 is 23.7 Å². The van der Waals surface area contributed by atoms with Gasteiger partial charge in [0.1, 0.15) is 0 Å². The first-order valence-corrected chi connectivity index (χ1v) is 13.7. The van der Waals surface area contributed by atoms with Gasteiger partial charge in [-0.25, -0.2) is 0 Å². The molecule has 0 spiro atoms. The lowest BCUT2D eigenvalue weighted by atomic mass is 9.66. The van der Waals surface area contributed by atoms with Crippen LogP contribution >= 0.6 is 23.2 Å². The summed E-state index contributed by atoms with van der Waals surface area (Å²) in [6.45, 7) is 4.68. The molecule has 8 nitrogen and oxygen atoms in total. The predicted octanol–water partition coefficient (Wildman–Crippen LogP) is 6.45. The van der Waals surface area contributed by atoms with Crippen LogP contribution in [0.5, 0.6) is 28.7 Å². The fourth-order valence-corrected chi connectivity index (χ4v) is 6.59. The molecule has 0 aromatic heterocycles. The fraction of sp³-hybridized carbons (Fsp3) is 0.323. The molecule has 0 saturated carbocycles. The molecule has 10 heteroatoms. The Morgan fingerprint density at radius 2 is 1.61 bits per heavy atom. The number of carbonyl (C=O) groups excluding carboxylic acids is 1. The zero-order valence-electron chi connectivity index (χ0n) is 22.7. The number of rotatable bonds is 8. The maximum atomic E-state index is 13.4. The number of hydrogen-bond acceptors (Lipinski definition) is 8. The van der Waals surface area contributed by atoms with Gasteiger partial charge >= 0.3 is 5.97 Å². The minimum Gasteiger partial charge on any atom is -0.493 e. The summed E-state index contributed by atoms with van der Waals surface area (Å²) in [5, 5.41) is 1.02. The summed E-state index contributed by atoms with van der Waals surface area (Å²) in [7, 11) is 4.67. The van der Waals surface area contributed by atoms with Gasteiger partial charge in [-0.15, -0.1) is 0 Å². The molecular weight excluding hydrogens is 571 g/mol. The van der Waals surface area contributed by atoms with E-state index >= 15 is 0 Å². The molecule has 3 aromatic rings. The molecule has 2 aliphatic heterocycles. The number of halogens is 2. The second-order valence-corrected chi connectivity index (χ2v) is 10.9.